The zero-order valence-electron chi connectivity index (χ0n) is 10.7. The number of hydrogen-bond acceptors (Lipinski definition) is 2. The average molecular weight is 230 g/mol. The first-order valence-electron chi connectivity index (χ1n) is 6.75. The van der Waals surface area contributed by atoms with Crippen molar-refractivity contribution in [1.82, 2.24) is 4.90 Å². The van der Waals surface area contributed by atoms with Crippen molar-refractivity contribution >= 4 is 0 Å². The molecule has 0 aromatic heterocycles. The molecule has 1 aromatic carbocycles. The van der Waals surface area contributed by atoms with Gasteiger partial charge < -0.3 is 5.73 Å². The zero-order chi connectivity index (χ0) is 11.9. The Morgan fingerprint density at radius 2 is 1.88 bits per heavy atom. The van der Waals surface area contributed by atoms with Crippen molar-refractivity contribution in [2.45, 2.75) is 38.8 Å². The van der Waals surface area contributed by atoms with Crippen LogP contribution >= 0.6 is 0 Å². The Morgan fingerprint density at radius 3 is 2.35 bits per heavy atom. The summed E-state index contributed by atoms with van der Waals surface area (Å²) in [5.41, 5.74) is 9.00. The lowest BCUT2D eigenvalue weighted by Gasteiger charge is -2.58. The van der Waals surface area contributed by atoms with Crippen molar-refractivity contribution in [1.29, 1.82) is 0 Å². The molecule has 0 amide bonds. The molecule has 2 heteroatoms. The van der Waals surface area contributed by atoms with Gasteiger partial charge in [0.15, 0.2) is 0 Å². The van der Waals surface area contributed by atoms with Crippen LogP contribution in [0.5, 0.6) is 0 Å². The molecule has 3 rings (SSSR count). The molecule has 1 aromatic rings. The molecule has 0 radical (unpaired) electrons. The molecule has 17 heavy (non-hydrogen) atoms. The second-order valence-electron chi connectivity index (χ2n) is 5.88. The lowest BCUT2D eigenvalue weighted by atomic mass is 9.63. The smallest absolute Gasteiger partial charge is 0.0320 e. The Bertz CT molecular complexity index is 384. The Balaban J connectivity index is 1.63. The summed E-state index contributed by atoms with van der Waals surface area (Å²) in [6.07, 6.45) is 4.37. The van der Waals surface area contributed by atoms with Gasteiger partial charge in [0.2, 0.25) is 0 Å². The summed E-state index contributed by atoms with van der Waals surface area (Å²) in [4.78, 5) is 2.61. The highest BCUT2D eigenvalue weighted by Crippen LogP contribution is 2.50. The first-order valence-corrected chi connectivity index (χ1v) is 6.75. The Kier molecular flexibility index (Phi) is 2.72. The predicted molar refractivity (Wildman–Crippen MR) is 70.6 cm³/mol. The van der Waals surface area contributed by atoms with Crippen LogP contribution < -0.4 is 5.73 Å². The van der Waals surface area contributed by atoms with Gasteiger partial charge in [-0.15, -0.1) is 0 Å². The number of likely N-dealkylation sites (tertiary alicyclic amines) is 1. The van der Waals surface area contributed by atoms with E-state index in [9.17, 15) is 0 Å². The Hall–Kier alpha value is -0.860. The SMILES string of the molecule is CC(c1ccc(CN)cc1)N1CC2(CCC2)C1. The fraction of sp³-hybridized carbons (Fsp3) is 0.600. The van der Waals surface area contributed by atoms with Crippen molar-refractivity contribution in [3.05, 3.63) is 35.4 Å². The topological polar surface area (TPSA) is 29.3 Å². The summed E-state index contributed by atoms with van der Waals surface area (Å²) in [6.45, 7) is 5.59. The lowest BCUT2D eigenvalue weighted by molar-refractivity contribution is -0.0804. The van der Waals surface area contributed by atoms with Crippen LogP contribution in [0.4, 0.5) is 0 Å². The van der Waals surface area contributed by atoms with E-state index in [2.05, 4.69) is 36.1 Å². The van der Waals surface area contributed by atoms with Gasteiger partial charge in [-0.05, 0) is 36.3 Å². The molecule has 2 aliphatic rings. The van der Waals surface area contributed by atoms with Gasteiger partial charge in [-0.25, -0.2) is 0 Å². The van der Waals surface area contributed by atoms with Gasteiger partial charge in [0.1, 0.15) is 0 Å². The maximum Gasteiger partial charge on any atom is 0.0320 e. The molecule has 92 valence electrons. The zero-order valence-corrected chi connectivity index (χ0v) is 10.7. The van der Waals surface area contributed by atoms with Gasteiger partial charge in [-0.3, -0.25) is 4.90 Å². The summed E-state index contributed by atoms with van der Waals surface area (Å²) >= 11 is 0. The molecule has 1 atom stereocenters. The van der Waals surface area contributed by atoms with Crippen LogP contribution in [-0.2, 0) is 6.54 Å². The number of nitrogens with two attached hydrogens (primary N) is 1. The molecule has 1 saturated heterocycles. The summed E-state index contributed by atoms with van der Waals surface area (Å²) in [5.74, 6) is 0. The fourth-order valence-electron chi connectivity index (χ4n) is 3.23. The molecule has 1 heterocycles. The lowest BCUT2D eigenvalue weighted by Crippen LogP contribution is -2.59. The second-order valence-corrected chi connectivity index (χ2v) is 5.88. The van der Waals surface area contributed by atoms with Crippen molar-refractivity contribution in [2.75, 3.05) is 13.1 Å². The molecule has 2 nitrogen and oxygen atoms in total. The number of benzene rings is 1. The van der Waals surface area contributed by atoms with Crippen LogP contribution in [0.1, 0.15) is 43.4 Å². The third-order valence-electron chi connectivity index (χ3n) is 4.74. The van der Waals surface area contributed by atoms with Crippen LogP contribution in [-0.4, -0.2) is 18.0 Å². The molecule has 1 saturated carbocycles. The van der Waals surface area contributed by atoms with Crippen LogP contribution in [0.3, 0.4) is 0 Å². The molecular weight excluding hydrogens is 208 g/mol. The first-order chi connectivity index (χ1) is 8.22. The van der Waals surface area contributed by atoms with E-state index in [1.54, 1.807) is 0 Å². The van der Waals surface area contributed by atoms with Gasteiger partial charge in [0, 0.05) is 25.7 Å². The number of hydrogen-bond donors (Lipinski definition) is 1. The minimum Gasteiger partial charge on any atom is -0.326 e. The third-order valence-corrected chi connectivity index (χ3v) is 4.74. The van der Waals surface area contributed by atoms with Gasteiger partial charge in [0.25, 0.3) is 0 Å². The van der Waals surface area contributed by atoms with E-state index in [1.807, 2.05) is 0 Å². The van der Waals surface area contributed by atoms with Crippen molar-refractivity contribution in [3.63, 3.8) is 0 Å². The van der Waals surface area contributed by atoms with E-state index in [0.717, 1.165) is 5.41 Å². The fourth-order valence-corrected chi connectivity index (χ4v) is 3.23. The van der Waals surface area contributed by atoms with Gasteiger partial charge >= 0.3 is 0 Å². The molecule has 1 aliphatic heterocycles. The molecule has 2 N–H and O–H groups in total. The van der Waals surface area contributed by atoms with Crippen LogP contribution in [0.15, 0.2) is 24.3 Å². The van der Waals surface area contributed by atoms with Gasteiger partial charge in [-0.2, -0.15) is 0 Å². The monoisotopic (exact) mass is 230 g/mol. The first kappa shape index (κ1) is 11.2. The third kappa shape index (κ3) is 1.90. The van der Waals surface area contributed by atoms with Crippen LogP contribution in [0.25, 0.3) is 0 Å². The van der Waals surface area contributed by atoms with Crippen LogP contribution in [0, 0.1) is 5.41 Å². The van der Waals surface area contributed by atoms with E-state index < -0.39 is 0 Å². The molecule has 2 fully saturated rings. The van der Waals surface area contributed by atoms with E-state index in [0.29, 0.717) is 12.6 Å². The minimum absolute atomic E-state index is 0.563. The van der Waals surface area contributed by atoms with Crippen molar-refractivity contribution < 1.29 is 0 Å². The van der Waals surface area contributed by atoms with Gasteiger partial charge in [-0.1, -0.05) is 30.7 Å². The maximum atomic E-state index is 5.62. The molecule has 1 unspecified atom stereocenters. The quantitative estimate of drug-likeness (QED) is 0.865. The normalized spacial score (nSPS) is 24.1. The molecule has 1 spiro atoms. The second kappa shape index (κ2) is 4.11. The highest BCUT2D eigenvalue weighted by Gasteiger charge is 2.48. The summed E-state index contributed by atoms with van der Waals surface area (Å²) in [6, 6.07) is 9.35. The Morgan fingerprint density at radius 1 is 1.24 bits per heavy atom. The number of nitrogens with zero attached hydrogens (tertiary/aromatic N) is 1. The Labute approximate surface area is 104 Å². The minimum atomic E-state index is 0.563. The summed E-state index contributed by atoms with van der Waals surface area (Å²) < 4.78 is 0. The summed E-state index contributed by atoms with van der Waals surface area (Å²) in [5, 5.41) is 0. The largest absolute Gasteiger partial charge is 0.326 e. The van der Waals surface area contributed by atoms with E-state index in [1.165, 1.54) is 43.5 Å². The van der Waals surface area contributed by atoms with E-state index in [4.69, 9.17) is 5.73 Å². The van der Waals surface area contributed by atoms with E-state index in [-0.39, 0.29) is 0 Å². The van der Waals surface area contributed by atoms with Crippen molar-refractivity contribution in [3.8, 4) is 0 Å². The maximum absolute atomic E-state index is 5.62. The highest BCUT2D eigenvalue weighted by molar-refractivity contribution is 5.25. The number of rotatable bonds is 3. The highest BCUT2D eigenvalue weighted by atomic mass is 15.2. The van der Waals surface area contributed by atoms with Gasteiger partial charge in [0.05, 0.1) is 0 Å². The molecular formula is C15H22N2. The van der Waals surface area contributed by atoms with Crippen molar-refractivity contribution in [2.24, 2.45) is 11.1 Å². The standard InChI is InChI=1S/C15H22N2/c1-12(14-5-3-13(9-16)4-6-14)17-10-15(11-17)7-2-8-15/h3-6,12H,2,7-11,16H2,1H3. The van der Waals surface area contributed by atoms with Crippen LogP contribution in [0.2, 0.25) is 0 Å². The summed E-state index contributed by atoms with van der Waals surface area (Å²) in [7, 11) is 0. The van der Waals surface area contributed by atoms with E-state index >= 15 is 0 Å². The molecule has 1 aliphatic carbocycles. The predicted octanol–water partition coefficient (Wildman–Crippen LogP) is 2.69. The average Bonchev–Trinajstić information content (AvgIpc) is 2.25. The molecule has 0 bridgehead atoms.